The molecule has 1 N–H and O–H groups in total. The third-order valence-corrected chi connectivity index (χ3v) is 5.46. The van der Waals surface area contributed by atoms with Gasteiger partial charge in [-0.15, -0.1) is 0 Å². The molecule has 0 aliphatic carbocycles. The molecule has 0 bridgehead atoms. The van der Waals surface area contributed by atoms with Crippen LogP contribution in [-0.4, -0.2) is 39.3 Å². The lowest BCUT2D eigenvalue weighted by Crippen LogP contribution is -2.30. The summed E-state index contributed by atoms with van der Waals surface area (Å²) in [5.41, 5.74) is 2.33. The molecule has 2 unspecified atom stereocenters. The molecule has 1 saturated heterocycles. The minimum absolute atomic E-state index is 0.0809. The number of nitrogens with zero attached hydrogens (tertiary/aromatic N) is 2. The Balaban J connectivity index is 1.82. The zero-order valence-electron chi connectivity index (χ0n) is 16.6. The maximum Gasteiger partial charge on any atom is 0.295 e. The average Bonchev–Trinajstić information content (AvgIpc) is 3.22. The van der Waals surface area contributed by atoms with E-state index in [0.29, 0.717) is 17.7 Å². The molecule has 2 aliphatic rings. The SMILES string of the molecule is CCCCN1C(=O)C(=O)/C(=C(\O)c2ccc3c(c2)CC(C)O3)C1c1cccnc1. The number of hydrogen-bond donors (Lipinski definition) is 1. The van der Waals surface area contributed by atoms with Gasteiger partial charge in [-0.1, -0.05) is 19.4 Å². The summed E-state index contributed by atoms with van der Waals surface area (Å²) < 4.78 is 5.72. The molecular formula is C23H24N2O4. The van der Waals surface area contributed by atoms with E-state index in [-0.39, 0.29) is 17.4 Å². The van der Waals surface area contributed by atoms with Crippen molar-refractivity contribution >= 4 is 17.4 Å². The van der Waals surface area contributed by atoms with E-state index in [1.165, 1.54) is 0 Å². The van der Waals surface area contributed by atoms with E-state index in [1.807, 2.05) is 26.0 Å². The first kappa shape index (κ1) is 19.2. The fraction of sp³-hybridized carbons (Fsp3) is 0.348. The number of Topliss-reactive ketones (excluding diaryl/α,β-unsaturated/α-hetero) is 1. The highest BCUT2D eigenvalue weighted by molar-refractivity contribution is 6.46. The number of ketones is 1. The van der Waals surface area contributed by atoms with Crippen molar-refractivity contribution in [2.24, 2.45) is 0 Å². The third-order valence-electron chi connectivity index (χ3n) is 5.46. The quantitative estimate of drug-likeness (QED) is 0.478. The molecule has 6 nitrogen and oxygen atoms in total. The maximum absolute atomic E-state index is 12.9. The zero-order valence-corrected chi connectivity index (χ0v) is 16.6. The largest absolute Gasteiger partial charge is 0.507 e. The molecule has 2 atom stereocenters. The van der Waals surface area contributed by atoms with Gasteiger partial charge >= 0.3 is 0 Å². The van der Waals surface area contributed by atoms with Crippen LogP contribution in [0.5, 0.6) is 5.75 Å². The standard InChI is InChI=1S/C23H24N2O4/c1-3-4-10-25-20(16-6-5-9-24-13-16)19(22(27)23(25)28)21(26)15-7-8-18-17(12-15)11-14(2)29-18/h5-9,12-14,20,26H,3-4,10-11H2,1-2H3/b21-19-. The molecule has 0 saturated carbocycles. The lowest BCUT2D eigenvalue weighted by Gasteiger charge is -2.24. The van der Waals surface area contributed by atoms with Crippen molar-refractivity contribution in [1.82, 2.24) is 9.88 Å². The number of carbonyl (C=O) groups excluding carboxylic acids is 2. The highest BCUT2D eigenvalue weighted by Crippen LogP contribution is 2.40. The Morgan fingerprint density at radius 3 is 2.86 bits per heavy atom. The first-order chi connectivity index (χ1) is 14.0. The van der Waals surface area contributed by atoms with Crippen LogP contribution in [0, 0.1) is 0 Å². The van der Waals surface area contributed by atoms with Gasteiger partial charge in [-0.25, -0.2) is 0 Å². The fourth-order valence-corrected chi connectivity index (χ4v) is 4.05. The van der Waals surface area contributed by atoms with E-state index in [0.717, 1.165) is 30.6 Å². The van der Waals surface area contributed by atoms with Crippen LogP contribution in [0.3, 0.4) is 0 Å². The van der Waals surface area contributed by atoms with Crippen molar-refractivity contribution < 1.29 is 19.4 Å². The van der Waals surface area contributed by atoms with Gasteiger partial charge in [-0.05, 0) is 48.7 Å². The van der Waals surface area contributed by atoms with Gasteiger partial charge in [0.25, 0.3) is 11.7 Å². The molecule has 1 amide bonds. The molecule has 150 valence electrons. The van der Waals surface area contributed by atoms with E-state index >= 15 is 0 Å². The van der Waals surface area contributed by atoms with Crippen LogP contribution in [0.15, 0.2) is 48.3 Å². The predicted octanol–water partition coefficient (Wildman–Crippen LogP) is 3.63. The Bertz CT molecular complexity index is 984. The number of pyridine rings is 1. The van der Waals surface area contributed by atoms with Crippen molar-refractivity contribution in [3.05, 3.63) is 65.0 Å². The third kappa shape index (κ3) is 3.39. The second-order valence-corrected chi connectivity index (χ2v) is 7.59. The first-order valence-electron chi connectivity index (χ1n) is 9.99. The Labute approximate surface area is 169 Å². The number of hydrogen-bond acceptors (Lipinski definition) is 5. The molecule has 2 aliphatic heterocycles. The minimum atomic E-state index is -0.655. The summed E-state index contributed by atoms with van der Waals surface area (Å²) >= 11 is 0. The Morgan fingerprint density at radius 2 is 2.14 bits per heavy atom. The van der Waals surface area contributed by atoms with Crippen molar-refractivity contribution in [2.45, 2.75) is 45.3 Å². The Morgan fingerprint density at radius 1 is 1.31 bits per heavy atom. The summed E-state index contributed by atoms with van der Waals surface area (Å²) in [6.07, 6.45) is 5.78. The lowest BCUT2D eigenvalue weighted by molar-refractivity contribution is -0.139. The van der Waals surface area contributed by atoms with Gasteiger partial charge in [-0.2, -0.15) is 0 Å². The van der Waals surface area contributed by atoms with E-state index in [4.69, 9.17) is 4.74 Å². The van der Waals surface area contributed by atoms with E-state index < -0.39 is 17.7 Å². The van der Waals surface area contributed by atoms with Gasteiger partial charge in [0.15, 0.2) is 0 Å². The number of aromatic nitrogens is 1. The minimum Gasteiger partial charge on any atom is -0.507 e. The Kier molecular flexibility index (Phi) is 5.09. The van der Waals surface area contributed by atoms with Gasteiger partial charge in [-0.3, -0.25) is 14.6 Å². The first-order valence-corrected chi connectivity index (χ1v) is 9.99. The van der Waals surface area contributed by atoms with Crippen molar-refractivity contribution in [2.75, 3.05) is 6.54 Å². The summed E-state index contributed by atoms with van der Waals surface area (Å²) in [6.45, 7) is 4.47. The maximum atomic E-state index is 12.9. The molecule has 3 heterocycles. The number of carbonyl (C=O) groups is 2. The Hall–Kier alpha value is -3.15. The zero-order chi connectivity index (χ0) is 20.5. The topological polar surface area (TPSA) is 79.7 Å². The summed E-state index contributed by atoms with van der Waals surface area (Å²) in [5, 5.41) is 11.1. The smallest absolute Gasteiger partial charge is 0.295 e. The van der Waals surface area contributed by atoms with Crippen LogP contribution in [0.2, 0.25) is 0 Å². The van der Waals surface area contributed by atoms with E-state index in [9.17, 15) is 14.7 Å². The molecule has 1 aromatic carbocycles. The summed E-state index contributed by atoms with van der Waals surface area (Å²) in [7, 11) is 0. The summed E-state index contributed by atoms with van der Waals surface area (Å²) in [4.78, 5) is 31.4. The van der Waals surface area contributed by atoms with Gasteiger partial charge in [0.1, 0.15) is 17.6 Å². The number of benzene rings is 1. The van der Waals surface area contributed by atoms with Crippen LogP contribution in [0.4, 0.5) is 0 Å². The van der Waals surface area contributed by atoms with Crippen LogP contribution in [-0.2, 0) is 16.0 Å². The number of amides is 1. The number of aliphatic hydroxyl groups is 1. The van der Waals surface area contributed by atoms with Gasteiger partial charge in [0, 0.05) is 30.9 Å². The highest BCUT2D eigenvalue weighted by atomic mass is 16.5. The highest BCUT2D eigenvalue weighted by Gasteiger charge is 2.45. The lowest BCUT2D eigenvalue weighted by atomic mass is 9.95. The molecule has 29 heavy (non-hydrogen) atoms. The predicted molar refractivity (Wildman–Crippen MR) is 108 cm³/mol. The molecule has 1 fully saturated rings. The second-order valence-electron chi connectivity index (χ2n) is 7.59. The molecule has 4 rings (SSSR count). The molecular weight excluding hydrogens is 368 g/mol. The number of fused-ring (bicyclic) bond motifs is 1. The van der Waals surface area contributed by atoms with Crippen molar-refractivity contribution in [3.8, 4) is 5.75 Å². The van der Waals surface area contributed by atoms with Crippen LogP contribution >= 0.6 is 0 Å². The number of likely N-dealkylation sites (tertiary alicyclic amines) is 1. The number of aliphatic hydroxyl groups excluding tert-OH is 1. The van der Waals surface area contributed by atoms with Gasteiger partial charge in [0.05, 0.1) is 11.6 Å². The molecule has 0 spiro atoms. The van der Waals surface area contributed by atoms with Gasteiger partial charge in [0.2, 0.25) is 0 Å². The fourth-order valence-electron chi connectivity index (χ4n) is 4.05. The second kappa shape index (κ2) is 7.70. The van der Waals surface area contributed by atoms with E-state index in [2.05, 4.69) is 4.98 Å². The number of unbranched alkanes of at least 4 members (excludes halogenated alkanes) is 1. The summed E-state index contributed by atoms with van der Waals surface area (Å²) in [5.74, 6) is -0.593. The summed E-state index contributed by atoms with van der Waals surface area (Å²) in [6, 6.07) is 8.33. The number of ether oxygens (including phenoxy) is 1. The monoisotopic (exact) mass is 392 g/mol. The normalized spacial score (nSPS) is 22.6. The molecule has 1 aromatic heterocycles. The van der Waals surface area contributed by atoms with E-state index in [1.54, 1.807) is 35.5 Å². The number of rotatable bonds is 5. The van der Waals surface area contributed by atoms with Crippen LogP contribution in [0.1, 0.15) is 49.4 Å². The van der Waals surface area contributed by atoms with Gasteiger partial charge < -0.3 is 14.7 Å². The van der Waals surface area contributed by atoms with Crippen LogP contribution in [0.25, 0.3) is 5.76 Å². The van der Waals surface area contributed by atoms with Crippen LogP contribution < -0.4 is 4.74 Å². The molecule has 0 radical (unpaired) electrons. The molecule has 2 aromatic rings. The average molecular weight is 392 g/mol. The van der Waals surface area contributed by atoms with Crippen molar-refractivity contribution in [3.63, 3.8) is 0 Å². The molecule has 6 heteroatoms. The van der Waals surface area contributed by atoms with Crippen molar-refractivity contribution in [1.29, 1.82) is 0 Å².